The van der Waals surface area contributed by atoms with Crippen LogP contribution >= 0.6 is 0 Å². The first-order valence-electron chi connectivity index (χ1n) is 20.4. The Labute approximate surface area is 318 Å². The molecule has 0 fully saturated rings. The van der Waals surface area contributed by atoms with Gasteiger partial charge in [-0.1, -0.05) is 132 Å². The van der Waals surface area contributed by atoms with Gasteiger partial charge in [0.15, 0.2) is 6.10 Å². The summed E-state index contributed by atoms with van der Waals surface area (Å²) in [4.78, 5) is 36.7. The maximum Gasteiger partial charge on any atom is 0.306 e. The van der Waals surface area contributed by atoms with Crippen molar-refractivity contribution >= 4 is 17.9 Å². The third-order valence-corrected chi connectivity index (χ3v) is 8.72. The van der Waals surface area contributed by atoms with E-state index in [1.807, 2.05) is 12.2 Å². The molecule has 8 heteroatoms. The summed E-state index contributed by atoms with van der Waals surface area (Å²) >= 11 is 0. The van der Waals surface area contributed by atoms with E-state index in [2.05, 4.69) is 62.5 Å². The number of carboxylic acid groups (broad SMARTS) is 1. The second-order valence-electron chi connectivity index (χ2n) is 14.6. The normalized spacial score (nSPS) is 13.6. The zero-order chi connectivity index (χ0) is 38.5. The lowest BCUT2D eigenvalue weighted by Crippen LogP contribution is -2.55. The molecule has 0 aliphatic rings. The maximum absolute atomic E-state index is 12.7. The van der Waals surface area contributed by atoms with Gasteiger partial charge in [0.25, 0.3) is 0 Å². The predicted molar refractivity (Wildman–Crippen MR) is 212 cm³/mol. The van der Waals surface area contributed by atoms with Crippen LogP contribution in [0.1, 0.15) is 149 Å². The molecule has 0 aromatic carbocycles. The van der Waals surface area contributed by atoms with Gasteiger partial charge in [0.05, 0.1) is 40.3 Å². The summed E-state index contributed by atoms with van der Waals surface area (Å²) in [6, 6.07) is -0.733. The summed E-state index contributed by atoms with van der Waals surface area (Å²) in [6.07, 6.45) is 41.0. The van der Waals surface area contributed by atoms with Gasteiger partial charge in [0.1, 0.15) is 12.6 Å². The van der Waals surface area contributed by atoms with Crippen molar-refractivity contribution in [2.45, 2.75) is 161 Å². The highest BCUT2D eigenvalue weighted by atomic mass is 16.6. The Balaban J connectivity index is 4.46. The fraction of sp³-hybridized carbons (Fsp3) is 0.705. The van der Waals surface area contributed by atoms with E-state index in [1.165, 1.54) is 32.1 Å². The van der Waals surface area contributed by atoms with Gasteiger partial charge in [0, 0.05) is 19.3 Å². The smallest absolute Gasteiger partial charge is 0.306 e. The molecule has 0 aromatic rings. The Morgan fingerprint density at radius 3 is 1.62 bits per heavy atom. The molecular formula is C44H75NO7. The molecule has 0 aliphatic carbocycles. The molecule has 0 saturated heterocycles. The highest BCUT2D eigenvalue weighted by molar-refractivity contribution is 5.70. The molecule has 2 atom stereocenters. The lowest BCUT2D eigenvalue weighted by molar-refractivity contribution is -0.889. The Kier molecular flexibility index (Phi) is 33.1. The van der Waals surface area contributed by atoms with E-state index in [1.54, 1.807) is 21.1 Å². The number of esters is 2. The SMILES string of the molecule is CCCC/C=C/CCCCCCC(=O)OCC(COCCC(C(=O)[O-])[N+](C)(C)C)OC(=O)CCCCCCC/C=C/C=C/C=C/C=C/CCCCC. The first kappa shape index (κ1) is 49.0. The first-order valence-corrected chi connectivity index (χ1v) is 20.4. The van der Waals surface area contributed by atoms with Crippen LogP contribution in [-0.2, 0) is 28.6 Å². The maximum atomic E-state index is 12.7. The Morgan fingerprint density at radius 2 is 1.06 bits per heavy atom. The van der Waals surface area contributed by atoms with Gasteiger partial charge in [-0.2, -0.15) is 0 Å². The average molecular weight is 730 g/mol. The molecule has 2 unspecified atom stereocenters. The van der Waals surface area contributed by atoms with Crippen LogP contribution in [0.4, 0.5) is 0 Å². The molecule has 0 aliphatic heterocycles. The highest BCUT2D eigenvalue weighted by Crippen LogP contribution is 2.12. The Bertz CT molecular complexity index is 1040. The molecule has 0 heterocycles. The number of ether oxygens (including phenoxy) is 3. The van der Waals surface area contributed by atoms with Crippen molar-refractivity contribution < 1.29 is 38.2 Å². The molecular weight excluding hydrogens is 654 g/mol. The minimum Gasteiger partial charge on any atom is -0.544 e. The molecule has 0 amide bonds. The number of hydrogen-bond donors (Lipinski definition) is 0. The van der Waals surface area contributed by atoms with Crippen molar-refractivity contribution in [1.29, 1.82) is 0 Å². The number of quaternary nitrogens is 1. The number of hydrogen-bond acceptors (Lipinski definition) is 7. The molecule has 0 saturated carbocycles. The van der Waals surface area contributed by atoms with Crippen LogP contribution in [0.25, 0.3) is 0 Å². The van der Waals surface area contributed by atoms with E-state index in [0.717, 1.165) is 83.5 Å². The largest absolute Gasteiger partial charge is 0.544 e. The highest BCUT2D eigenvalue weighted by Gasteiger charge is 2.25. The zero-order valence-electron chi connectivity index (χ0n) is 33.7. The fourth-order valence-electron chi connectivity index (χ4n) is 5.47. The molecule has 8 nitrogen and oxygen atoms in total. The van der Waals surface area contributed by atoms with Crippen LogP contribution < -0.4 is 5.11 Å². The van der Waals surface area contributed by atoms with Crippen molar-refractivity contribution in [3.63, 3.8) is 0 Å². The molecule has 298 valence electrons. The zero-order valence-corrected chi connectivity index (χ0v) is 33.7. The number of aliphatic carboxylic acids is 1. The number of rotatable bonds is 35. The van der Waals surface area contributed by atoms with Crippen LogP contribution in [-0.4, -0.2) is 75.5 Å². The number of carbonyl (C=O) groups excluding carboxylic acids is 3. The van der Waals surface area contributed by atoms with Crippen molar-refractivity contribution in [3.8, 4) is 0 Å². The topological polar surface area (TPSA) is 102 Å². The second-order valence-corrected chi connectivity index (χ2v) is 14.6. The summed E-state index contributed by atoms with van der Waals surface area (Å²) < 4.78 is 17.1. The van der Waals surface area contributed by atoms with Gasteiger partial charge in [-0.3, -0.25) is 9.59 Å². The van der Waals surface area contributed by atoms with Crippen LogP contribution in [0, 0.1) is 0 Å². The fourth-order valence-corrected chi connectivity index (χ4v) is 5.47. The van der Waals surface area contributed by atoms with E-state index >= 15 is 0 Å². The monoisotopic (exact) mass is 730 g/mol. The molecule has 0 radical (unpaired) electrons. The molecule has 52 heavy (non-hydrogen) atoms. The quantitative estimate of drug-likeness (QED) is 0.0211. The van der Waals surface area contributed by atoms with Crippen molar-refractivity contribution in [1.82, 2.24) is 0 Å². The average Bonchev–Trinajstić information content (AvgIpc) is 3.09. The van der Waals surface area contributed by atoms with Crippen molar-refractivity contribution in [2.75, 3.05) is 41.0 Å². The van der Waals surface area contributed by atoms with Gasteiger partial charge in [-0.15, -0.1) is 0 Å². The number of likely N-dealkylation sites (N-methyl/N-ethyl adjacent to an activating group) is 1. The van der Waals surface area contributed by atoms with Gasteiger partial charge in [0.2, 0.25) is 0 Å². The summed E-state index contributed by atoms with van der Waals surface area (Å²) in [6.45, 7) is 4.52. The second kappa shape index (κ2) is 35.1. The number of allylic oxidation sites excluding steroid dienone is 10. The van der Waals surface area contributed by atoms with Crippen molar-refractivity contribution in [3.05, 3.63) is 60.8 Å². The lowest BCUT2D eigenvalue weighted by Gasteiger charge is -2.34. The Hall–Kier alpha value is -2.97. The minimum absolute atomic E-state index is 0.0247. The van der Waals surface area contributed by atoms with Gasteiger partial charge < -0.3 is 28.6 Å². The summed E-state index contributed by atoms with van der Waals surface area (Å²) in [5.41, 5.74) is 0. The summed E-state index contributed by atoms with van der Waals surface area (Å²) in [5, 5.41) is 11.6. The molecule has 0 spiro atoms. The molecule has 0 aromatic heterocycles. The van der Waals surface area contributed by atoms with Crippen LogP contribution in [0.15, 0.2) is 60.8 Å². The number of carboxylic acids is 1. The van der Waals surface area contributed by atoms with E-state index in [0.29, 0.717) is 12.8 Å². The van der Waals surface area contributed by atoms with E-state index in [9.17, 15) is 19.5 Å². The van der Waals surface area contributed by atoms with Crippen molar-refractivity contribution in [2.24, 2.45) is 0 Å². The van der Waals surface area contributed by atoms with Crippen LogP contribution in [0.5, 0.6) is 0 Å². The van der Waals surface area contributed by atoms with Gasteiger partial charge in [-0.25, -0.2) is 0 Å². The summed E-state index contributed by atoms with van der Waals surface area (Å²) in [5.74, 6) is -1.79. The molecule has 0 rings (SSSR count). The number of unbranched alkanes of at least 4 members (excludes halogenated alkanes) is 14. The third kappa shape index (κ3) is 32.9. The van der Waals surface area contributed by atoms with E-state index in [-0.39, 0.29) is 42.7 Å². The lowest BCUT2D eigenvalue weighted by atomic mass is 10.1. The van der Waals surface area contributed by atoms with E-state index < -0.39 is 18.1 Å². The Morgan fingerprint density at radius 1 is 0.577 bits per heavy atom. The van der Waals surface area contributed by atoms with E-state index in [4.69, 9.17) is 14.2 Å². The van der Waals surface area contributed by atoms with Crippen LogP contribution in [0.3, 0.4) is 0 Å². The third-order valence-electron chi connectivity index (χ3n) is 8.72. The number of carbonyl (C=O) groups is 3. The van der Waals surface area contributed by atoms with Gasteiger partial charge >= 0.3 is 11.9 Å². The standard InChI is InChI=1S/C44H75NO7/c1-6-8-10-12-14-16-18-19-20-21-22-23-24-25-27-29-31-33-35-43(47)52-40(38-50-37-36-41(44(48)49)45(3,4)5)39-51-42(46)34-32-30-28-26-17-15-13-11-9-7-2/h13-16,18-23,40-41H,6-12,17,24-39H2,1-5H3/b15-13+,16-14+,19-18+,21-20+,23-22+. The molecule has 0 bridgehead atoms. The number of nitrogens with zero attached hydrogens (tertiary/aromatic N) is 1. The van der Waals surface area contributed by atoms with Gasteiger partial charge in [-0.05, 0) is 57.8 Å². The predicted octanol–water partition coefficient (Wildman–Crippen LogP) is 9.30. The van der Waals surface area contributed by atoms with Crippen LogP contribution in [0.2, 0.25) is 0 Å². The first-order chi connectivity index (χ1) is 25.1. The minimum atomic E-state index is -1.13. The molecule has 0 N–H and O–H groups in total. The summed E-state index contributed by atoms with van der Waals surface area (Å²) in [7, 11) is 5.38.